The Bertz CT molecular complexity index is 540. The summed E-state index contributed by atoms with van der Waals surface area (Å²) in [7, 11) is -3.69. The quantitative estimate of drug-likeness (QED) is 0.671. The van der Waals surface area contributed by atoms with Gasteiger partial charge in [-0.25, -0.2) is 18.1 Å². The fourth-order valence-electron chi connectivity index (χ4n) is 1.29. The first-order valence-corrected chi connectivity index (χ1v) is 8.29. The topological polar surface area (TPSA) is 103 Å². The molecule has 0 spiro atoms. The van der Waals surface area contributed by atoms with Crippen molar-refractivity contribution in [3.05, 3.63) is 24.0 Å². The summed E-state index contributed by atoms with van der Waals surface area (Å²) in [6.45, 7) is 0.415. The van der Waals surface area contributed by atoms with E-state index in [0.29, 0.717) is 12.2 Å². The van der Waals surface area contributed by atoms with Crippen LogP contribution in [0, 0.1) is 11.3 Å². The van der Waals surface area contributed by atoms with Gasteiger partial charge in [0.2, 0.25) is 10.0 Å². The highest BCUT2D eigenvalue weighted by Crippen LogP contribution is 2.11. The van der Waals surface area contributed by atoms with Gasteiger partial charge in [-0.2, -0.15) is 17.0 Å². The lowest BCUT2D eigenvalue weighted by atomic mass is 10.4. The molecule has 0 amide bonds. The van der Waals surface area contributed by atoms with Crippen LogP contribution in [0.5, 0.6) is 0 Å². The van der Waals surface area contributed by atoms with Crippen molar-refractivity contribution in [3.8, 4) is 6.07 Å². The fraction of sp³-hybridized carbons (Fsp3) is 0.455. The van der Waals surface area contributed by atoms with Crippen molar-refractivity contribution in [1.29, 1.82) is 5.26 Å². The standard InChI is InChI=1S/C11H15N3O3S2/c12-9-10-11(3-1-4-13-10)19(16,17)14-5-8-18-7-2-6-15/h1,3-4,14-15H,2,5-8H2. The van der Waals surface area contributed by atoms with E-state index in [4.69, 9.17) is 10.4 Å². The molecular formula is C11H15N3O3S2. The molecular weight excluding hydrogens is 286 g/mol. The first kappa shape index (κ1) is 15.9. The monoisotopic (exact) mass is 301 g/mol. The number of aromatic nitrogens is 1. The van der Waals surface area contributed by atoms with E-state index in [1.54, 1.807) is 17.8 Å². The number of aliphatic hydroxyl groups is 1. The van der Waals surface area contributed by atoms with Crippen molar-refractivity contribution in [1.82, 2.24) is 9.71 Å². The molecule has 0 atom stereocenters. The average Bonchev–Trinajstić information content (AvgIpc) is 2.42. The second-order valence-electron chi connectivity index (χ2n) is 3.55. The molecule has 0 aliphatic rings. The summed E-state index contributed by atoms with van der Waals surface area (Å²) in [6.07, 6.45) is 2.07. The van der Waals surface area contributed by atoms with E-state index >= 15 is 0 Å². The van der Waals surface area contributed by atoms with Crippen LogP contribution in [-0.4, -0.2) is 43.2 Å². The maximum Gasteiger partial charge on any atom is 0.243 e. The van der Waals surface area contributed by atoms with Crippen LogP contribution in [0.1, 0.15) is 12.1 Å². The Morgan fingerprint density at radius 3 is 2.95 bits per heavy atom. The molecule has 1 aromatic heterocycles. The zero-order valence-corrected chi connectivity index (χ0v) is 11.9. The van der Waals surface area contributed by atoms with Gasteiger partial charge in [0, 0.05) is 25.1 Å². The van der Waals surface area contributed by atoms with E-state index in [2.05, 4.69) is 9.71 Å². The molecule has 8 heteroatoms. The smallest absolute Gasteiger partial charge is 0.243 e. The predicted octanol–water partition coefficient (Wildman–Crippen LogP) is 0.347. The molecule has 19 heavy (non-hydrogen) atoms. The lowest BCUT2D eigenvalue weighted by Gasteiger charge is -2.07. The maximum atomic E-state index is 11.9. The predicted molar refractivity (Wildman–Crippen MR) is 73.2 cm³/mol. The Hall–Kier alpha value is -1.14. The van der Waals surface area contributed by atoms with Crippen LogP contribution in [-0.2, 0) is 10.0 Å². The Balaban J connectivity index is 2.55. The molecule has 1 rings (SSSR count). The maximum absolute atomic E-state index is 11.9. The minimum Gasteiger partial charge on any atom is -0.396 e. The van der Waals surface area contributed by atoms with E-state index in [9.17, 15) is 8.42 Å². The average molecular weight is 301 g/mol. The summed E-state index contributed by atoms with van der Waals surface area (Å²) < 4.78 is 26.3. The third-order valence-corrected chi connectivity index (χ3v) is 4.71. The number of thioether (sulfide) groups is 1. The minimum absolute atomic E-state index is 0.0992. The highest BCUT2D eigenvalue weighted by Gasteiger charge is 2.18. The molecule has 1 aromatic rings. The minimum atomic E-state index is -3.69. The van der Waals surface area contributed by atoms with Crippen molar-refractivity contribution in [2.45, 2.75) is 11.3 Å². The molecule has 0 saturated carbocycles. The Morgan fingerprint density at radius 1 is 1.47 bits per heavy atom. The van der Waals surface area contributed by atoms with E-state index in [-0.39, 0.29) is 23.7 Å². The lowest BCUT2D eigenvalue weighted by molar-refractivity contribution is 0.296. The Labute approximate surface area is 116 Å². The zero-order valence-electron chi connectivity index (χ0n) is 10.2. The summed E-state index contributed by atoms with van der Waals surface area (Å²) in [6, 6.07) is 4.59. The molecule has 2 N–H and O–H groups in total. The normalized spacial score (nSPS) is 11.2. The second kappa shape index (κ2) is 8.12. The van der Waals surface area contributed by atoms with Crippen molar-refractivity contribution in [2.24, 2.45) is 0 Å². The van der Waals surface area contributed by atoms with Crippen LogP contribution in [0.4, 0.5) is 0 Å². The third kappa shape index (κ3) is 5.16. The summed E-state index contributed by atoms with van der Waals surface area (Å²) in [5, 5.41) is 17.4. The molecule has 1 heterocycles. The van der Waals surface area contributed by atoms with Crippen LogP contribution in [0.3, 0.4) is 0 Å². The molecule has 0 saturated heterocycles. The van der Waals surface area contributed by atoms with Gasteiger partial charge in [-0.3, -0.25) is 0 Å². The first-order chi connectivity index (χ1) is 9.11. The summed E-state index contributed by atoms with van der Waals surface area (Å²) in [5.74, 6) is 1.40. The highest BCUT2D eigenvalue weighted by molar-refractivity contribution is 7.99. The van der Waals surface area contributed by atoms with E-state index in [1.165, 1.54) is 18.3 Å². The van der Waals surface area contributed by atoms with E-state index in [0.717, 1.165) is 5.75 Å². The number of nitriles is 1. The molecule has 0 aromatic carbocycles. The number of aliphatic hydroxyl groups excluding tert-OH is 1. The fourth-order valence-corrected chi connectivity index (χ4v) is 3.34. The number of nitrogens with zero attached hydrogens (tertiary/aromatic N) is 2. The van der Waals surface area contributed by atoms with E-state index in [1.807, 2.05) is 0 Å². The van der Waals surface area contributed by atoms with Crippen LogP contribution in [0.2, 0.25) is 0 Å². The number of hydrogen-bond acceptors (Lipinski definition) is 6. The molecule has 0 aliphatic heterocycles. The number of pyridine rings is 1. The van der Waals surface area contributed by atoms with Gasteiger partial charge in [0.15, 0.2) is 5.69 Å². The van der Waals surface area contributed by atoms with Crippen molar-refractivity contribution < 1.29 is 13.5 Å². The van der Waals surface area contributed by atoms with E-state index < -0.39 is 10.0 Å². The Kier molecular flexibility index (Phi) is 6.80. The van der Waals surface area contributed by atoms with Crippen LogP contribution >= 0.6 is 11.8 Å². The number of rotatable bonds is 8. The third-order valence-electron chi connectivity index (χ3n) is 2.15. The van der Waals surface area contributed by atoms with Gasteiger partial charge in [-0.1, -0.05) is 0 Å². The molecule has 0 aliphatic carbocycles. The number of sulfonamides is 1. The lowest BCUT2D eigenvalue weighted by Crippen LogP contribution is -2.27. The molecule has 0 unspecified atom stereocenters. The van der Waals surface area contributed by atoms with Gasteiger partial charge < -0.3 is 5.11 Å². The van der Waals surface area contributed by atoms with Gasteiger partial charge in [0.05, 0.1) is 0 Å². The van der Waals surface area contributed by atoms with Crippen LogP contribution in [0.15, 0.2) is 23.2 Å². The summed E-state index contributed by atoms with van der Waals surface area (Å²) in [5.41, 5.74) is -0.108. The molecule has 0 fully saturated rings. The molecule has 104 valence electrons. The van der Waals surface area contributed by atoms with Gasteiger partial charge in [-0.15, -0.1) is 0 Å². The van der Waals surface area contributed by atoms with Crippen LogP contribution < -0.4 is 4.72 Å². The zero-order chi connectivity index (χ0) is 14.1. The summed E-state index contributed by atoms with van der Waals surface area (Å²) >= 11 is 1.56. The first-order valence-electron chi connectivity index (χ1n) is 5.65. The molecule has 0 radical (unpaired) electrons. The molecule has 0 bridgehead atoms. The van der Waals surface area contributed by atoms with Gasteiger partial charge >= 0.3 is 0 Å². The Morgan fingerprint density at radius 2 is 2.26 bits per heavy atom. The van der Waals surface area contributed by atoms with Crippen molar-refractivity contribution in [3.63, 3.8) is 0 Å². The second-order valence-corrected chi connectivity index (χ2v) is 6.51. The molecule has 6 nitrogen and oxygen atoms in total. The number of hydrogen-bond donors (Lipinski definition) is 2. The van der Waals surface area contributed by atoms with Crippen molar-refractivity contribution in [2.75, 3.05) is 24.7 Å². The summed E-state index contributed by atoms with van der Waals surface area (Å²) in [4.78, 5) is 3.62. The van der Waals surface area contributed by atoms with Crippen molar-refractivity contribution >= 4 is 21.8 Å². The van der Waals surface area contributed by atoms with Crippen LogP contribution in [0.25, 0.3) is 0 Å². The number of nitrogens with one attached hydrogen (secondary N) is 1. The largest absolute Gasteiger partial charge is 0.396 e. The van der Waals surface area contributed by atoms with Gasteiger partial charge in [0.25, 0.3) is 0 Å². The highest BCUT2D eigenvalue weighted by atomic mass is 32.2. The van der Waals surface area contributed by atoms with Gasteiger partial charge in [0.1, 0.15) is 11.0 Å². The SMILES string of the molecule is N#Cc1ncccc1S(=O)(=O)NCCSCCCO. The van der Waals surface area contributed by atoms with Gasteiger partial charge in [-0.05, 0) is 24.3 Å².